The van der Waals surface area contributed by atoms with Crippen LogP contribution in [-0.4, -0.2) is 16.3 Å². The SMILES string of the molecule is C[C@]12CC[C@@]3(CS3)C[C@H]1CC[C@H]1[C@H]2CC[C@]2(C)C(=O)CC[C@@H]12. The predicted molar refractivity (Wildman–Crippen MR) is 91.9 cm³/mol. The minimum absolute atomic E-state index is 0.0621. The molecule has 0 N–H and O–H groups in total. The molecule has 0 aromatic carbocycles. The van der Waals surface area contributed by atoms with Gasteiger partial charge in [0.15, 0.2) is 0 Å². The molecule has 0 bridgehead atoms. The molecule has 5 rings (SSSR count). The van der Waals surface area contributed by atoms with E-state index in [0.717, 1.165) is 34.8 Å². The van der Waals surface area contributed by atoms with Crippen molar-refractivity contribution in [2.45, 2.75) is 76.4 Å². The van der Waals surface area contributed by atoms with E-state index in [-0.39, 0.29) is 5.41 Å². The van der Waals surface area contributed by atoms with Gasteiger partial charge in [-0.1, -0.05) is 13.8 Å². The topological polar surface area (TPSA) is 17.1 Å². The Kier molecular flexibility index (Phi) is 2.84. The van der Waals surface area contributed by atoms with E-state index in [9.17, 15) is 4.79 Å². The van der Waals surface area contributed by atoms with E-state index in [4.69, 9.17) is 0 Å². The first-order valence-corrected chi connectivity index (χ1v) is 10.6. The fourth-order valence-corrected chi connectivity index (χ4v) is 8.47. The Hall–Kier alpha value is 0.0200. The number of carbonyl (C=O) groups is 1. The zero-order valence-corrected chi connectivity index (χ0v) is 15.0. The van der Waals surface area contributed by atoms with Gasteiger partial charge in [0.05, 0.1) is 0 Å². The quantitative estimate of drug-likeness (QED) is 0.579. The lowest BCUT2D eigenvalue weighted by molar-refractivity contribution is -0.139. The summed E-state index contributed by atoms with van der Waals surface area (Å²) in [6, 6.07) is 0. The van der Waals surface area contributed by atoms with E-state index in [1.165, 1.54) is 57.1 Å². The maximum Gasteiger partial charge on any atom is 0.139 e. The summed E-state index contributed by atoms with van der Waals surface area (Å²) in [5.74, 6) is 5.55. The summed E-state index contributed by atoms with van der Waals surface area (Å²) >= 11 is 2.25. The number of thioether (sulfide) groups is 1. The number of hydrogen-bond acceptors (Lipinski definition) is 2. The van der Waals surface area contributed by atoms with Crippen LogP contribution in [0.4, 0.5) is 0 Å². The zero-order chi connectivity index (χ0) is 15.2. The highest BCUT2D eigenvalue weighted by molar-refractivity contribution is 8.07. The standard InChI is InChI=1S/C20H30OS/c1-18-9-10-20(12-22-20)11-13(18)3-4-14-15-5-6-17(21)19(15,2)8-7-16(14)18/h13-16H,3-12H2,1-2H3/t13-,14-,15+,16-,18+,19+,20+/m1/s1. The number of ketones is 1. The molecule has 1 heterocycles. The zero-order valence-electron chi connectivity index (χ0n) is 14.2. The Bertz CT molecular complexity index is 524. The van der Waals surface area contributed by atoms with Crippen LogP contribution in [0.2, 0.25) is 0 Å². The second kappa shape index (κ2) is 4.35. The van der Waals surface area contributed by atoms with Crippen LogP contribution in [0.5, 0.6) is 0 Å². The average molecular weight is 319 g/mol. The third-order valence-electron chi connectivity index (χ3n) is 9.06. The Morgan fingerprint density at radius 2 is 1.82 bits per heavy atom. The van der Waals surface area contributed by atoms with Crippen LogP contribution >= 0.6 is 11.8 Å². The molecule has 1 nitrogen and oxygen atoms in total. The molecule has 5 fully saturated rings. The molecule has 0 unspecified atom stereocenters. The minimum atomic E-state index is 0.0621. The van der Waals surface area contributed by atoms with Gasteiger partial charge in [-0.25, -0.2) is 0 Å². The first-order valence-electron chi connectivity index (χ1n) is 9.64. The molecule has 0 amide bonds. The highest BCUT2D eigenvalue weighted by Gasteiger charge is 2.62. The van der Waals surface area contributed by atoms with Crippen molar-refractivity contribution in [3.63, 3.8) is 0 Å². The van der Waals surface area contributed by atoms with Crippen LogP contribution in [0.1, 0.15) is 71.6 Å². The van der Waals surface area contributed by atoms with Gasteiger partial charge in [-0.2, -0.15) is 11.8 Å². The molecule has 0 aromatic heterocycles. The number of rotatable bonds is 0. The molecule has 4 aliphatic carbocycles. The summed E-state index contributed by atoms with van der Waals surface area (Å²) in [5.41, 5.74) is 0.664. The molecule has 1 saturated heterocycles. The summed E-state index contributed by atoms with van der Waals surface area (Å²) in [6.07, 6.45) is 12.0. The Morgan fingerprint density at radius 1 is 1.00 bits per heavy atom. The molecule has 0 aromatic rings. The normalized spacial score (nSPS) is 59.8. The molecule has 22 heavy (non-hydrogen) atoms. The summed E-state index contributed by atoms with van der Waals surface area (Å²) in [7, 11) is 0. The van der Waals surface area contributed by atoms with E-state index in [1.807, 2.05) is 0 Å². The first kappa shape index (κ1) is 14.4. The van der Waals surface area contributed by atoms with Crippen LogP contribution in [-0.2, 0) is 4.79 Å². The van der Waals surface area contributed by atoms with Gasteiger partial charge in [-0.15, -0.1) is 0 Å². The number of carbonyl (C=O) groups excluding carboxylic acids is 1. The average Bonchev–Trinajstić information content (AvgIpc) is 3.19. The van der Waals surface area contributed by atoms with Gasteiger partial charge in [0, 0.05) is 22.3 Å². The van der Waals surface area contributed by atoms with Crippen molar-refractivity contribution in [1.82, 2.24) is 0 Å². The fourth-order valence-electron chi connectivity index (χ4n) is 7.44. The van der Waals surface area contributed by atoms with Crippen LogP contribution in [0.15, 0.2) is 0 Å². The lowest BCUT2D eigenvalue weighted by atomic mass is 9.45. The molecule has 1 aliphatic heterocycles. The van der Waals surface area contributed by atoms with Crippen LogP contribution in [0.25, 0.3) is 0 Å². The molecule has 1 spiro atoms. The largest absolute Gasteiger partial charge is 0.299 e. The maximum absolute atomic E-state index is 12.5. The Balaban J connectivity index is 1.45. The summed E-state index contributed by atoms with van der Waals surface area (Å²) < 4.78 is 0.726. The Labute approximate surface area is 139 Å². The molecule has 0 radical (unpaired) electrons. The molecule has 2 heteroatoms. The predicted octanol–water partition coefficient (Wildman–Crippen LogP) is 5.08. The van der Waals surface area contributed by atoms with Crippen molar-refractivity contribution in [3.8, 4) is 0 Å². The molecule has 5 aliphatic rings. The van der Waals surface area contributed by atoms with Gasteiger partial charge in [-0.3, -0.25) is 4.79 Å². The highest BCUT2D eigenvalue weighted by atomic mass is 32.2. The fraction of sp³-hybridized carbons (Fsp3) is 0.950. The number of fused-ring (bicyclic) bond motifs is 5. The van der Waals surface area contributed by atoms with Gasteiger partial charge in [0.25, 0.3) is 0 Å². The smallest absolute Gasteiger partial charge is 0.139 e. The summed E-state index contributed by atoms with van der Waals surface area (Å²) in [4.78, 5) is 12.5. The third-order valence-corrected chi connectivity index (χ3v) is 10.5. The second-order valence-electron chi connectivity index (χ2n) is 9.75. The summed E-state index contributed by atoms with van der Waals surface area (Å²) in [5, 5.41) is 0. The van der Waals surface area contributed by atoms with Crippen molar-refractivity contribution < 1.29 is 4.79 Å². The first-order chi connectivity index (χ1) is 10.5. The molecular weight excluding hydrogens is 288 g/mol. The maximum atomic E-state index is 12.5. The van der Waals surface area contributed by atoms with Crippen LogP contribution < -0.4 is 0 Å². The van der Waals surface area contributed by atoms with E-state index in [1.54, 1.807) is 0 Å². The van der Waals surface area contributed by atoms with E-state index >= 15 is 0 Å². The summed E-state index contributed by atoms with van der Waals surface area (Å²) in [6.45, 7) is 4.96. The van der Waals surface area contributed by atoms with Gasteiger partial charge >= 0.3 is 0 Å². The molecule has 122 valence electrons. The minimum Gasteiger partial charge on any atom is -0.299 e. The third kappa shape index (κ3) is 1.71. The lowest BCUT2D eigenvalue weighted by Gasteiger charge is -2.60. The number of Topliss-reactive ketones (excluding diaryl/α,β-unsaturated/α-hetero) is 1. The van der Waals surface area contributed by atoms with Crippen molar-refractivity contribution >= 4 is 17.5 Å². The van der Waals surface area contributed by atoms with Crippen molar-refractivity contribution in [2.75, 3.05) is 5.75 Å². The monoisotopic (exact) mass is 318 g/mol. The number of hydrogen-bond donors (Lipinski definition) is 0. The molecule has 7 atom stereocenters. The molecular formula is C20H30OS. The molecule has 4 saturated carbocycles. The van der Waals surface area contributed by atoms with Crippen molar-refractivity contribution in [1.29, 1.82) is 0 Å². The second-order valence-corrected chi connectivity index (χ2v) is 11.2. The van der Waals surface area contributed by atoms with Gasteiger partial charge in [0.2, 0.25) is 0 Å². The Morgan fingerprint density at radius 3 is 2.59 bits per heavy atom. The van der Waals surface area contributed by atoms with E-state index in [2.05, 4.69) is 25.6 Å². The van der Waals surface area contributed by atoms with Gasteiger partial charge in [0.1, 0.15) is 5.78 Å². The van der Waals surface area contributed by atoms with Gasteiger partial charge < -0.3 is 0 Å². The van der Waals surface area contributed by atoms with Crippen molar-refractivity contribution in [2.24, 2.45) is 34.5 Å². The van der Waals surface area contributed by atoms with E-state index in [0.29, 0.717) is 11.2 Å². The van der Waals surface area contributed by atoms with Crippen LogP contribution in [0.3, 0.4) is 0 Å². The van der Waals surface area contributed by atoms with Crippen molar-refractivity contribution in [3.05, 3.63) is 0 Å². The lowest BCUT2D eigenvalue weighted by Crippen LogP contribution is -2.54. The highest BCUT2D eigenvalue weighted by Crippen LogP contribution is 2.69. The van der Waals surface area contributed by atoms with E-state index < -0.39 is 0 Å². The van der Waals surface area contributed by atoms with Gasteiger partial charge in [-0.05, 0) is 80.5 Å². The van der Waals surface area contributed by atoms with Crippen LogP contribution in [0, 0.1) is 34.5 Å².